The molecule has 2 nitrogen and oxygen atoms in total. The predicted molar refractivity (Wildman–Crippen MR) is 64.1 cm³/mol. The van der Waals surface area contributed by atoms with E-state index in [0.717, 1.165) is 4.90 Å². The molecule has 82 valence electrons. The summed E-state index contributed by atoms with van der Waals surface area (Å²) in [5.74, 6) is 0.544. The van der Waals surface area contributed by atoms with Gasteiger partial charge in [-0.2, -0.15) is 0 Å². The molecule has 1 atom stereocenters. The summed E-state index contributed by atoms with van der Waals surface area (Å²) in [6, 6.07) is 5.34. The summed E-state index contributed by atoms with van der Waals surface area (Å²) in [5, 5.41) is -0.668. The first kappa shape index (κ1) is 12.4. The van der Waals surface area contributed by atoms with Gasteiger partial charge in [0.15, 0.2) is 5.78 Å². The van der Waals surface area contributed by atoms with Gasteiger partial charge in [-0.3, -0.25) is 4.79 Å². The molecule has 0 aliphatic heterocycles. The SMILES string of the molecule is CCOc1ccc(S)cc1C(Cl)C(C)=O. The Labute approximate surface area is 100.0 Å². The van der Waals surface area contributed by atoms with E-state index in [9.17, 15) is 4.79 Å². The molecule has 15 heavy (non-hydrogen) atoms. The van der Waals surface area contributed by atoms with Crippen molar-refractivity contribution in [3.8, 4) is 5.75 Å². The van der Waals surface area contributed by atoms with Crippen molar-refractivity contribution in [1.29, 1.82) is 0 Å². The number of ketones is 1. The highest BCUT2D eigenvalue weighted by Crippen LogP contribution is 2.32. The molecular formula is C11H13ClO2S. The van der Waals surface area contributed by atoms with Crippen LogP contribution in [0.25, 0.3) is 0 Å². The van der Waals surface area contributed by atoms with Crippen molar-refractivity contribution in [2.24, 2.45) is 0 Å². The summed E-state index contributed by atoms with van der Waals surface area (Å²) in [6.07, 6.45) is 0. The largest absolute Gasteiger partial charge is 0.494 e. The second kappa shape index (κ2) is 5.42. The lowest BCUT2D eigenvalue weighted by molar-refractivity contribution is -0.116. The van der Waals surface area contributed by atoms with Gasteiger partial charge in [0.2, 0.25) is 0 Å². The molecule has 4 heteroatoms. The fourth-order valence-corrected chi connectivity index (χ4v) is 1.62. The zero-order chi connectivity index (χ0) is 11.4. The normalized spacial score (nSPS) is 12.3. The Kier molecular flexibility index (Phi) is 4.48. The first-order valence-electron chi connectivity index (χ1n) is 4.66. The molecule has 0 fully saturated rings. The van der Waals surface area contributed by atoms with Gasteiger partial charge >= 0.3 is 0 Å². The number of halogens is 1. The highest BCUT2D eigenvalue weighted by Gasteiger charge is 2.18. The van der Waals surface area contributed by atoms with Crippen molar-refractivity contribution in [2.75, 3.05) is 6.61 Å². The average Bonchev–Trinajstić information content (AvgIpc) is 2.20. The number of Topliss-reactive ketones (excluding diaryl/α,β-unsaturated/α-hetero) is 1. The van der Waals surface area contributed by atoms with Crippen LogP contribution in [-0.4, -0.2) is 12.4 Å². The number of thiol groups is 1. The number of hydrogen-bond acceptors (Lipinski definition) is 3. The van der Waals surface area contributed by atoms with Crippen LogP contribution in [-0.2, 0) is 4.79 Å². The fraction of sp³-hybridized carbons (Fsp3) is 0.364. The predicted octanol–water partition coefficient (Wildman–Crippen LogP) is 3.24. The molecule has 0 saturated carbocycles. The minimum absolute atomic E-state index is 0.100. The molecule has 0 spiro atoms. The Bertz CT molecular complexity index is 366. The van der Waals surface area contributed by atoms with Crippen LogP contribution < -0.4 is 4.74 Å². The van der Waals surface area contributed by atoms with Gasteiger partial charge in [-0.1, -0.05) is 0 Å². The van der Waals surface area contributed by atoms with Crippen LogP contribution in [0.5, 0.6) is 5.75 Å². The third-order valence-corrected chi connectivity index (χ3v) is 2.74. The molecule has 0 N–H and O–H groups in total. The van der Waals surface area contributed by atoms with E-state index in [0.29, 0.717) is 17.9 Å². The molecule has 0 amide bonds. The van der Waals surface area contributed by atoms with Gasteiger partial charge in [0.05, 0.1) is 6.61 Å². The van der Waals surface area contributed by atoms with Crippen LogP contribution >= 0.6 is 24.2 Å². The average molecular weight is 245 g/mol. The molecule has 0 aliphatic rings. The zero-order valence-corrected chi connectivity index (χ0v) is 10.3. The summed E-state index contributed by atoms with van der Waals surface area (Å²) >= 11 is 10.2. The van der Waals surface area contributed by atoms with Gasteiger partial charge in [-0.05, 0) is 32.0 Å². The van der Waals surface area contributed by atoms with E-state index in [1.54, 1.807) is 18.2 Å². The fourth-order valence-electron chi connectivity index (χ4n) is 1.24. The number of carbonyl (C=O) groups excluding carboxylic acids is 1. The number of carbonyl (C=O) groups is 1. The van der Waals surface area contributed by atoms with Crippen molar-refractivity contribution < 1.29 is 9.53 Å². The molecule has 1 aromatic rings. The number of ether oxygens (including phenoxy) is 1. The maximum Gasteiger partial charge on any atom is 0.152 e. The summed E-state index contributed by atoms with van der Waals surface area (Å²) in [4.78, 5) is 12.0. The van der Waals surface area contributed by atoms with E-state index in [4.69, 9.17) is 16.3 Å². The van der Waals surface area contributed by atoms with Crippen LogP contribution in [0.1, 0.15) is 24.8 Å². The molecule has 0 saturated heterocycles. The summed E-state index contributed by atoms with van der Waals surface area (Å²) < 4.78 is 5.39. The van der Waals surface area contributed by atoms with Gasteiger partial charge in [0, 0.05) is 10.5 Å². The Hall–Kier alpha value is -0.670. The molecule has 1 unspecified atom stereocenters. The summed E-state index contributed by atoms with van der Waals surface area (Å²) in [5.41, 5.74) is 0.679. The second-order valence-electron chi connectivity index (χ2n) is 3.13. The summed E-state index contributed by atoms with van der Waals surface area (Å²) in [6.45, 7) is 3.88. The van der Waals surface area contributed by atoms with E-state index in [2.05, 4.69) is 12.6 Å². The van der Waals surface area contributed by atoms with E-state index in [1.165, 1.54) is 6.92 Å². The van der Waals surface area contributed by atoms with Crippen molar-refractivity contribution in [3.63, 3.8) is 0 Å². The first-order valence-corrected chi connectivity index (χ1v) is 5.54. The van der Waals surface area contributed by atoms with E-state index < -0.39 is 5.38 Å². The van der Waals surface area contributed by atoms with Crippen molar-refractivity contribution in [1.82, 2.24) is 0 Å². The lowest BCUT2D eigenvalue weighted by Gasteiger charge is -2.13. The Morgan fingerprint density at radius 2 is 2.27 bits per heavy atom. The van der Waals surface area contributed by atoms with Crippen molar-refractivity contribution in [2.45, 2.75) is 24.1 Å². The minimum Gasteiger partial charge on any atom is -0.494 e. The number of benzene rings is 1. The highest BCUT2D eigenvalue weighted by molar-refractivity contribution is 7.80. The maximum atomic E-state index is 11.2. The smallest absolute Gasteiger partial charge is 0.152 e. The third-order valence-electron chi connectivity index (χ3n) is 1.92. The molecule has 0 aromatic heterocycles. The van der Waals surface area contributed by atoms with Crippen LogP contribution in [0.2, 0.25) is 0 Å². The standard InChI is InChI=1S/C11H13ClO2S/c1-3-14-10-5-4-8(15)6-9(10)11(12)7(2)13/h4-6,11,15H,3H2,1-2H3. The van der Waals surface area contributed by atoms with E-state index >= 15 is 0 Å². The first-order chi connectivity index (χ1) is 7.06. The number of hydrogen-bond donors (Lipinski definition) is 1. The van der Waals surface area contributed by atoms with Gasteiger partial charge in [-0.15, -0.1) is 24.2 Å². The van der Waals surface area contributed by atoms with Gasteiger partial charge < -0.3 is 4.74 Å². The monoisotopic (exact) mass is 244 g/mol. The molecule has 0 bridgehead atoms. The Morgan fingerprint density at radius 3 is 2.80 bits per heavy atom. The molecule has 1 rings (SSSR count). The van der Waals surface area contributed by atoms with Crippen molar-refractivity contribution in [3.05, 3.63) is 23.8 Å². The summed E-state index contributed by atoms with van der Waals surface area (Å²) in [7, 11) is 0. The maximum absolute atomic E-state index is 11.2. The third kappa shape index (κ3) is 3.14. The molecule has 0 heterocycles. The lowest BCUT2D eigenvalue weighted by atomic mass is 10.1. The number of alkyl halides is 1. The Balaban J connectivity index is 3.11. The lowest BCUT2D eigenvalue weighted by Crippen LogP contribution is -2.05. The van der Waals surface area contributed by atoms with E-state index in [-0.39, 0.29) is 5.78 Å². The van der Waals surface area contributed by atoms with Crippen LogP contribution in [0.4, 0.5) is 0 Å². The van der Waals surface area contributed by atoms with Gasteiger partial charge in [0.25, 0.3) is 0 Å². The van der Waals surface area contributed by atoms with Gasteiger partial charge in [0.1, 0.15) is 11.1 Å². The molecule has 0 aliphatic carbocycles. The zero-order valence-electron chi connectivity index (χ0n) is 8.66. The van der Waals surface area contributed by atoms with E-state index in [1.807, 2.05) is 6.92 Å². The number of rotatable bonds is 4. The topological polar surface area (TPSA) is 26.3 Å². The molecule has 0 radical (unpaired) electrons. The second-order valence-corrected chi connectivity index (χ2v) is 4.08. The van der Waals surface area contributed by atoms with Crippen LogP contribution in [0.3, 0.4) is 0 Å². The quantitative estimate of drug-likeness (QED) is 0.650. The van der Waals surface area contributed by atoms with Crippen molar-refractivity contribution >= 4 is 30.0 Å². The Morgan fingerprint density at radius 1 is 1.60 bits per heavy atom. The van der Waals surface area contributed by atoms with Crippen LogP contribution in [0.15, 0.2) is 23.1 Å². The minimum atomic E-state index is -0.668. The molecular weight excluding hydrogens is 232 g/mol. The highest BCUT2D eigenvalue weighted by atomic mass is 35.5. The van der Waals surface area contributed by atoms with Gasteiger partial charge in [-0.25, -0.2) is 0 Å². The van der Waals surface area contributed by atoms with Crippen LogP contribution in [0, 0.1) is 0 Å². The molecule has 1 aromatic carbocycles.